The molecule has 516 valence electrons. The number of methoxy groups -OCH3 is 2. The minimum Gasteiger partial charge on any atom is -0.445 e. The molecule has 24 nitrogen and oxygen atoms in total. The number of ether oxygens (including phenoxy) is 3. The smallest absolute Gasteiger partial charge is 0.410 e. The van der Waals surface area contributed by atoms with E-state index in [9.17, 15) is 57.8 Å². The average molecular weight is 1300 g/mol. The van der Waals surface area contributed by atoms with Crippen LogP contribution in [0.5, 0.6) is 0 Å². The minimum atomic E-state index is -1.43. The van der Waals surface area contributed by atoms with Gasteiger partial charge < -0.3 is 61.0 Å². The van der Waals surface area contributed by atoms with Crippen LogP contribution in [0.2, 0.25) is 0 Å². The zero-order valence-electron chi connectivity index (χ0n) is 57.0. The highest BCUT2D eigenvalue weighted by Crippen LogP contribution is 2.32. The number of benzene rings is 2. The van der Waals surface area contributed by atoms with Gasteiger partial charge in [-0.05, 0) is 85.5 Å². The Balaban J connectivity index is 1.36. The number of nitrogens with one attached hydrogen (secondary N) is 4. The monoisotopic (exact) mass is 1300 g/mol. The molecule has 4 rings (SSSR count). The summed E-state index contributed by atoms with van der Waals surface area (Å²) in [5.74, 6) is -6.84. The molecule has 2 heterocycles. The number of imide groups is 1. The highest BCUT2D eigenvalue weighted by atomic mass is 16.6. The first-order valence-corrected chi connectivity index (χ1v) is 32.9. The first kappa shape index (κ1) is 77.9. The van der Waals surface area contributed by atoms with Gasteiger partial charge in [0.25, 0.3) is 17.7 Å². The lowest BCUT2D eigenvalue weighted by atomic mass is 9.83. The Morgan fingerprint density at radius 3 is 1.97 bits per heavy atom. The summed E-state index contributed by atoms with van der Waals surface area (Å²) < 4.78 is 17.3. The number of aliphatic hydroxyl groups is 1. The molecular formula is C69H105N9O15. The number of hydrogen-bond donors (Lipinski definition) is 6. The number of nitrogens with two attached hydrogens (primary N) is 1. The minimum absolute atomic E-state index is 0.0831. The number of anilines is 1. The third-order valence-corrected chi connectivity index (χ3v) is 18.1. The molecule has 2 aromatic rings. The van der Waals surface area contributed by atoms with E-state index >= 15 is 0 Å². The van der Waals surface area contributed by atoms with Gasteiger partial charge in [-0.3, -0.25) is 48.1 Å². The second kappa shape index (κ2) is 38.6. The molecule has 0 bridgehead atoms. The summed E-state index contributed by atoms with van der Waals surface area (Å²) in [5.41, 5.74) is 7.15. The number of aliphatic hydroxyl groups excluding tert-OH is 1. The summed E-state index contributed by atoms with van der Waals surface area (Å²) in [5, 5.41) is 22.3. The van der Waals surface area contributed by atoms with E-state index in [1.807, 2.05) is 58.0 Å². The molecule has 0 aliphatic carbocycles. The van der Waals surface area contributed by atoms with Crippen molar-refractivity contribution in [2.24, 2.45) is 47.2 Å². The molecule has 0 spiro atoms. The van der Waals surface area contributed by atoms with Crippen molar-refractivity contribution in [3.8, 4) is 0 Å². The fourth-order valence-corrected chi connectivity index (χ4v) is 12.4. The number of unbranched alkanes of at least 4 members (excludes halogenated alkanes) is 2. The second-order valence-electron chi connectivity index (χ2n) is 26.0. The number of carbonyl (C=O) groups excluding carboxylic acids is 11. The lowest BCUT2D eigenvalue weighted by Gasteiger charge is -2.41. The van der Waals surface area contributed by atoms with Gasteiger partial charge in [0.15, 0.2) is 11.6 Å². The largest absolute Gasteiger partial charge is 0.445 e. The fraction of sp³-hybridized carbons (Fsp3) is 0.638. The maximum Gasteiger partial charge on any atom is 0.410 e. The molecule has 1 fully saturated rings. The first-order chi connectivity index (χ1) is 44.0. The molecule has 0 saturated carbocycles. The zero-order valence-corrected chi connectivity index (χ0v) is 57.0. The molecule has 93 heavy (non-hydrogen) atoms. The van der Waals surface area contributed by atoms with Crippen molar-refractivity contribution >= 4 is 70.7 Å². The number of nitrogens with zero attached hydrogens (tertiary/aromatic N) is 4. The van der Waals surface area contributed by atoms with Crippen LogP contribution in [0, 0.1) is 41.4 Å². The molecule has 10 amide bonds. The number of likely N-dealkylation sites (tertiary alicyclic amines) is 1. The number of hydrogen-bond acceptors (Lipinski definition) is 15. The molecule has 0 radical (unpaired) electrons. The average Bonchev–Trinajstić information content (AvgIpc) is 2.12. The zero-order chi connectivity index (χ0) is 69.2. The van der Waals surface area contributed by atoms with E-state index in [2.05, 4.69) is 21.3 Å². The second-order valence-corrected chi connectivity index (χ2v) is 26.0. The highest BCUT2D eigenvalue weighted by molar-refractivity contribution is 6.12. The number of rotatable bonds is 40. The van der Waals surface area contributed by atoms with Crippen LogP contribution in [-0.2, 0) is 70.4 Å². The van der Waals surface area contributed by atoms with Gasteiger partial charge in [-0.2, -0.15) is 0 Å². The van der Waals surface area contributed by atoms with E-state index in [1.54, 1.807) is 75.7 Å². The van der Waals surface area contributed by atoms with Crippen molar-refractivity contribution in [2.75, 3.05) is 53.3 Å². The Kier molecular flexibility index (Phi) is 32.3. The molecule has 24 heteroatoms. The van der Waals surface area contributed by atoms with Crippen LogP contribution in [0.25, 0.3) is 0 Å². The van der Waals surface area contributed by atoms with Crippen molar-refractivity contribution in [1.82, 2.24) is 35.6 Å². The summed E-state index contributed by atoms with van der Waals surface area (Å²) in [6.45, 7) is 17.3. The molecule has 7 N–H and O–H groups in total. The van der Waals surface area contributed by atoms with Crippen LogP contribution in [0.1, 0.15) is 150 Å². The van der Waals surface area contributed by atoms with Gasteiger partial charge in [0.2, 0.25) is 23.6 Å². The fourth-order valence-electron chi connectivity index (χ4n) is 12.4. The van der Waals surface area contributed by atoms with Crippen molar-refractivity contribution in [2.45, 2.75) is 195 Å². The molecule has 1 unspecified atom stereocenters. The van der Waals surface area contributed by atoms with Gasteiger partial charge in [0.05, 0.1) is 30.7 Å². The number of primary amides is 1. The summed E-state index contributed by atoms with van der Waals surface area (Å²) in [6.07, 6.45) is 2.79. The van der Waals surface area contributed by atoms with Crippen LogP contribution >= 0.6 is 0 Å². The molecule has 2 aliphatic rings. The normalized spacial score (nSPS) is 17.2. The lowest BCUT2D eigenvalue weighted by molar-refractivity contribution is -0.149. The Morgan fingerprint density at radius 1 is 0.731 bits per heavy atom. The van der Waals surface area contributed by atoms with Crippen molar-refractivity contribution < 1.29 is 72.1 Å². The van der Waals surface area contributed by atoms with Crippen LogP contribution in [0.3, 0.4) is 0 Å². The Morgan fingerprint density at radius 2 is 1.39 bits per heavy atom. The Labute approximate surface area is 549 Å². The summed E-state index contributed by atoms with van der Waals surface area (Å²) in [7, 11) is 6.13. The molecule has 1 saturated heterocycles. The maximum atomic E-state index is 14.8. The van der Waals surface area contributed by atoms with E-state index in [-0.39, 0.29) is 117 Å². The summed E-state index contributed by atoms with van der Waals surface area (Å²) in [4.78, 5) is 152. The van der Waals surface area contributed by atoms with Gasteiger partial charge in [-0.15, -0.1) is 0 Å². The number of likely N-dealkylation sites (N-methyl/N-ethyl adjacent to an activating group) is 2. The van der Waals surface area contributed by atoms with Crippen LogP contribution in [-0.4, -0.2) is 180 Å². The topological polar surface area (TPSA) is 323 Å². The van der Waals surface area contributed by atoms with Crippen LogP contribution in [0.15, 0.2) is 66.7 Å². The molecule has 2 aliphatic heterocycles. The van der Waals surface area contributed by atoms with Crippen molar-refractivity contribution in [3.05, 3.63) is 77.9 Å². The van der Waals surface area contributed by atoms with Crippen molar-refractivity contribution in [1.29, 1.82) is 0 Å². The van der Waals surface area contributed by atoms with Gasteiger partial charge in [-0.25, -0.2) is 9.59 Å². The molecule has 11 atom stereocenters. The standard InChI is InChI=1S/C69H105N9O15/c1-14-45(8)63(55(91-12)40-60(84)77-36-22-26-52(77)46(9)64(85)66(87)74-57(92-13)37-47-23-17-15-18-24-47)75(10)67(88)51(42(2)3)39-54(80)62(44(6)7)76(11)69(90)93-41-48-28-30-50(31-29-48)72-65(86)49(25-21-34-71-68(70)89)38-53(79)61(43(4)5)73-56(81)27-19-16-20-35-78-58(82)32-33-59(78)83/h15,17-18,23-24,28-33,42-46,49,51-52,55,57,61-64,85H,14,16,19-22,25-27,34-41H2,1-13H3,(H,72,86)(H,73,81)(H,74,87)(H3,70,71,89)/t45-,46-,49+,51-,52-,55+,57?,61-,62-,63-,64+/m0/s1. The SMILES string of the molecule is CC[C@H](C)[C@@H]([C@@H](CC(=O)N1CCC[C@H]1[C@H](C)[C@@H](O)C(=O)NC(Cc1ccccc1)OC)OC)N(C)C(=O)[C@@H](CC(=O)[C@H](C(C)C)N(C)C(=O)OCc1ccc(NC(=O)[C@H](CCCNC(N)=O)CC(=O)[C@@H](NC(=O)CCCCCN2C(=O)C=CC2=O)C(C)C)cc1)C(C)C. The van der Waals surface area contributed by atoms with Crippen LogP contribution in [0.4, 0.5) is 15.3 Å². The Hall–Kier alpha value is -7.57. The predicted octanol–water partition coefficient (Wildman–Crippen LogP) is 6.70. The van der Waals surface area contributed by atoms with E-state index < -0.39 is 84.3 Å². The van der Waals surface area contributed by atoms with E-state index in [4.69, 9.17) is 19.9 Å². The van der Waals surface area contributed by atoms with Gasteiger partial charge >= 0.3 is 12.1 Å². The first-order valence-electron chi connectivity index (χ1n) is 32.9. The number of Topliss-reactive ketones (excluding diaryl/α,β-unsaturated/α-hetero) is 2. The summed E-state index contributed by atoms with van der Waals surface area (Å²) in [6, 6.07) is 12.4. The number of amides is 10. The third-order valence-electron chi connectivity index (χ3n) is 18.1. The van der Waals surface area contributed by atoms with Gasteiger partial charge in [0.1, 0.15) is 18.9 Å². The van der Waals surface area contributed by atoms with Gasteiger partial charge in [0, 0.05) is 115 Å². The predicted molar refractivity (Wildman–Crippen MR) is 351 cm³/mol. The number of ketones is 2. The van der Waals surface area contributed by atoms with Crippen molar-refractivity contribution in [3.63, 3.8) is 0 Å². The van der Waals surface area contributed by atoms with Gasteiger partial charge in [-0.1, -0.05) is 118 Å². The summed E-state index contributed by atoms with van der Waals surface area (Å²) >= 11 is 0. The quantitative estimate of drug-likeness (QED) is 0.0230. The molecular weight excluding hydrogens is 1190 g/mol. The van der Waals surface area contributed by atoms with E-state index in [0.29, 0.717) is 69.2 Å². The third kappa shape index (κ3) is 23.7. The molecule has 2 aromatic carbocycles. The van der Waals surface area contributed by atoms with E-state index in [0.717, 1.165) is 10.5 Å². The lowest BCUT2D eigenvalue weighted by Crippen LogP contribution is -2.54. The molecule has 0 aromatic heterocycles. The highest BCUT2D eigenvalue weighted by Gasteiger charge is 2.43. The van der Waals surface area contributed by atoms with E-state index in [1.165, 1.54) is 38.3 Å². The van der Waals surface area contributed by atoms with Crippen LogP contribution < -0.4 is 27.0 Å². The number of urea groups is 1. The Bertz CT molecular complexity index is 2830. The number of carbonyl (C=O) groups is 11. The maximum absolute atomic E-state index is 14.8.